The van der Waals surface area contributed by atoms with Gasteiger partial charge in [-0.25, -0.2) is 19.2 Å². The quantitative estimate of drug-likeness (QED) is 0.341. The first-order valence-corrected chi connectivity index (χ1v) is 17.4. The summed E-state index contributed by atoms with van der Waals surface area (Å²) in [5.41, 5.74) is 0. The van der Waals surface area contributed by atoms with Crippen LogP contribution < -0.4 is 0 Å². The highest BCUT2D eigenvalue weighted by Gasteiger charge is 2.37. The number of amides is 4. The first-order valence-electron chi connectivity index (χ1n) is 14.8. The first-order chi connectivity index (χ1) is 19.6. The van der Waals surface area contributed by atoms with E-state index < -0.39 is 34.5 Å². The highest BCUT2D eigenvalue weighted by molar-refractivity contribution is 8.06. The van der Waals surface area contributed by atoms with Gasteiger partial charge in [-0.1, -0.05) is 0 Å². The highest BCUT2D eigenvalue weighted by atomic mass is 32.2. The third-order valence-corrected chi connectivity index (χ3v) is 10.9. The molecule has 0 N–H and O–H groups in total. The average molecular weight is 617 g/mol. The van der Waals surface area contributed by atoms with Crippen molar-refractivity contribution in [2.45, 2.75) is 70.0 Å². The number of carbonyl (C=O) groups is 4. The van der Waals surface area contributed by atoms with Crippen molar-refractivity contribution in [3.8, 4) is 0 Å². The van der Waals surface area contributed by atoms with Gasteiger partial charge in [0, 0.05) is 113 Å². The maximum absolute atomic E-state index is 12.5. The molecule has 0 bridgehead atoms. The topological polar surface area (TPSA) is 146 Å². The SMILES string of the molecule is CN(CCCN(C)C(=O)OC1CCN(C(=O)[S+]([O-])CC2CC2)CC1)C(=O)OC1CCN(C(=O)[S+]([O-])CC2CC2)CC1. The van der Waals surface area contributed by atoms with Gasteiger partial charge in [-0.3, -0.25) is 9.80 Å². The van der Waals surface area contributed by atoms with Gasteiger partial charge in [0.1, 0.15) is 23.7 Å². The number of ether oxygens (including phenoxy) is 2. The van der Waals surface area contributed by atoms with Crippen LogP contribution in [0.2, 0.25) is 0 Å². The van der Waals surface area contributed by atoms with Gasteiger partial charge in [-0.2, -0.15) is 0 Å². The van der Waals surface area contributed by atoms with Gasteiger partial charge in [-0.05, 0) is 32.1 Å². The fourth-order valence-corrected chi connectivity index (χ4v) is 7.68. The minimum absolute atomic E-state index is 0.288. The fourth-order valence-electron chi connectivity index (χ4n) is 4.93. The van der Waals surface area contributed by atoms with E-state index in [0.717, 1.165) is 25.7 Å². The van der Waals surface area contributed by atoms with Gasteiger partial charge < -0.3 is 28.4 Å². The zero-order valence-electron chi connectivity index (χ0n) is 24.2. The second-order valence-electron chi connectivity index (χ2n) is 11.8. The van der Waals surface area contributed by atoms with Crippen molar-refractivity contribution >= 4 is 45.0 Å². The van der Waals surface area contributed by atoms with E-state index in [-0.39, 0.29) is 22.7 Å². The van der Waals surface area contributed by atoms with Crippen molar-refractivity contribution in [3.63, 3.8) is 0 Å². The maximum Gasteiger partial charge on any atom is 0.429 e. The van der Waals surface area contributed by atoms with E-state index in [1.54, 1.807) is 23.9 Å². The fraction of sp³-hybridized carbons (Fsp3) is 0.852. The summed E-state index contributed by atoms with van der Waals surface area (Å²) in [7, 11) is 3.29. The van der Waals surface area contributed by atoms with Gasteiger partial charge in [-0.15, -0.1) is 0 Å². The Labute approximate surface area is 248 Å². The summed E-state index contributed by atoms with van der Waals surface area (Å²) in [6, 6.07) is 0. The molecule has 2 unspecified atom stereocenters. The van der Waals surface area contributed by atoms with E-state index in [0.29, 0.717) is 94.7 Å². The summed E-state index contributed by atoms with van der Waals surface area (Å²) in [6.45, 7) is 2.51. The van der Waals surface area contributed by atoms with E-state index in [1.165, 1.54) is 9.80 Å². The Kier molecular flexibility index (Phi) is 11.7. The molecule has 2 aliphatic carbocycles. The molecule has 12 nitrogen and oxygen atoms in total. The largest absolute Gasteiger partial charge is 0.608 e. The first kappa shape index (κ1) is 32.0. The smallest absolute Gasteiger partial charge is 0.429 e. The number of rotatable bonds is 10. The molecule has 4 rings (SSSR count). The Morgan fingerprint density at radius 3 is 1.32 bits per heavy atom. The third-order valence-electron chi connectivity index (χ3n) is 8.10. The number of piperidine rings is 2. The van der Waals surface area contributed by atoms with Crippen molar-refractivity contribution in [1.29, 1.82) is 0 Å². The van der Waals surface area contributed by atoms with E-state index in [9.17, 15) is 28.3 Å². The Hall–Kier alpha value is -1.90. The predicted octanol–water partition coefficient (Wildman–Crippen LogP) is 3.00. The molecule has 2 aliphatic heterocycles. The molecule has 4 amide bonds. The molecular weight excluding hydrogens is 572 g/mol. The van der Waals surface area contributed by atoms with Gasteiger partial charge in [0.2, 0.25) is 0 Å². The van der Waals surface area contributed by atoms with E-state index in [2.05, 4.69) is 0 Å². The summed E-state index contributed by atoms with van der Waals surface area (Å²) in [5.74, 6) is 1.77. The molecule has 4 aliphatic rings. The number of carbonyl (C=O) groups excluding carboxylic acids is 4. The summed E-state index contributed by atoms with van der Waals surface area (Å²) in [5, 5.41) is -0.613. The zero-order chi connectivity index (χ0) is 29.5. The normalized spacial score (nSPS) is 21.7. The van der Waals surface area contributed by atoms with Crippen molar-refractivity contribution in [2.75, 3.05) is 64.9 Å². The van der Waals surface area contributed by atoms with Crippen LogP contribution in [0.4, 0.5) is 19.2 Å². The van der Waals surface area contributed by atoms with E-state index in [1.807, 2.05) is 0 Å². The lowest BCUT2D eigenvalue weighted by molar-refractivity contribution is 0.0372. The van der Waals surface area contributed by atoms with Gasteiger partial charge in [0.25, 0.3) is 0 Å². The molecule has 14 heteroatoms. The molecule has 0 aromatic heterocycles. The molecule has 232 valence electrons. The maximum atomic E-state index is 12.5. The number of nitrogens with zero attached hydrogens (tertiary/aromatic N) is 4. The number of likely N-dealkylation sites (tertiary alicyclic amines) is 2. The standard InChI is InChI=1S/C27H44N4O8S2/c1-28(24(32)38-22-8-14-30(15-9-22)26(34)40(36)18-20-4-5-20)12-3-13-29(2)25(33)39-23-10-16-31(17-11-23)27(35)41(37)19-21-6-7-21/h20-23H,3-19H2,1-2H3. The van der Waals surface area contributed by atoms with Crippen LogP contribution in [0.3, 0.4) is 0 Å². The second-order valence-corrected chi connectivity index (χ2v) is 14.5. The molecule has 2 saturated carbocycles. The lowest BCUT2D eigenvalue weighted by Crippen LogP contribution is -2.45. The summed E-state index contributed by atoms with van der Waals surface area (Å²) in [4.78, 5) is 56.0. The van der Waals surface area contributed by atoms with Crippen molar-refractivity contribution in [1.82, 2.24) is 19.6 Å². The van der Waals surface area contributed by atoms with Crippen LogP contribution >= 0.6 is 0 Å². The summed E-state index contributed by atoms with van der Waals surface area (Å²) < 4.78 is 35.6. The molecule has 0 aromatic rings. The Bertz CT molecular complexity index is 849. The van der Waals surface area contributed by atoms with Crippen molar-refractivity contribution in [3.05, 3.63) is 0 Å². The summed E-state index contributed by atoms with van der Waals surface area (Å²) in [6.07, 6.45) is 5.37. The van der Waals surface area contributed by atoms with Crippen LogP contribution in [-0.2, 0) is 31.8 Å². The van der Waals surface area contributed by atoms with Gasteiger partial charge in [0.05, 0.1) is 0 Å². The van der Waals surface area contributed by atoms with Crippen LogP contribution in [0.15, 0.2) is 0 Å². The van der Waals surface area contributed by atoms with E-state index >= 15 is 0 Å². The molecule has 0 spiro atoms. The van der Waals surface area contributed by atoms with Crippen LogP contribution in [0.25, 0.3) is 0 Å². The predicted molar refractivity (Wildman–Crippen MR) is 154 cm³/mol. The number of hydrogen-bond donors (Lipinski definition) is 0. The molecule has 4 fully saturated rings. The molecule has 0 radical (unpaired) electrons. The molecule has 2 saturated heterocycles. The molecule has 2 heterocycles. The lowest BCUT2D eigenvalue weighted by atomic mass is 10.1. The zero-order valence-corrected chi connectivity index (χ0v) is 25.8. The monoisotopic (exact) mass is 616 g/mol. The van der Waals surface area contributed by atoms with Gasteiger partial charge >= 0.3 is 22.7 Å². The van der Waals surface area contributed by atoms with Crippen LogP contribution in [0.5, 0.6) is 0 Å². The van der Waals surface area contributed by atoms with Crippen LogP contribution in [-0.4, -0.2) is 128 Å². The molecular formula is C27H44N4O8S2. The lowest BCUT2D eigenvalue weighted by Gasteiger charge is -2.32. The van der Waals surface area contributed by atoms with Crippen molar-refractivity contribution in [2.24, 2.45) is 11.8 Å². The Morgan fingerprint density at radius 1 is 0.659 bits per heavy atom. The minimum atomic E-state index is -1.47. The second kappa shape index (κ2) is 15.0. The average Bonchev–Trinajstić information content (AvgIpc) is 3.90. The Balaban J connectivity index is 1.05. The van der Waals surface area contributed by atoms with Crippen LogP contribution in [0.1, 0.15) is 57.8 Å². The minimum Gasteiger partial charge on any atom is -0.608 e. The van der Waals surface area contributed by atoms with Crippen LogP contribution in [0, 0.1) is 11.8 Å². The van der Waals surface area contributed by atoms with Gasteiger partial charge in [0.15, 0.2) is 0 Å². The summed E-state index contributed by atoms with van der Waals surface area (Å²) >= 11 is -2.94. The molecule has 2 atom stereocenters. The molecule has 41 heavy (non-hydrogen) atoms. The highest BCUT2D eigenvalue weighted by Crippen LogP contribution is 2.32. The molecule has 0 aromatic carbocycles. The third kappa shape index (κ3) is 10.1. The van der Waals surface area contributed by atoms with Crippen molar-refractivity contribution < 1.29 is 37.8 Å². The number of hydrogen-bond acceptors (Lipinski definition) is 8. The van der Waals surface area contributed by atoms with E-state index in [4.69, 9.17) is 9.47 Å². The Morgan fingerprint density at radius 2 is 1.00 bits per heavy atom.